The fraction of sp³-hybridized carbons (Fsp3) is 0.0667. The van der Waals surface area contributed by atoms with Crippen LogP contribution in [0, 0.1) is 0 Å². The second-order valence-corrected chi connectivity index (χ2v) is 4.39. The first kappa shape index (κ1) is 12.2. The summed E-state index contributed by atoms with van der Waals surface area (Å²) in [4.78, 5) is 24.6. The highest BCUT2D eigenvalue weighted by Gasteiger charge is 2.10. The molecule has 0 bridgehead atoms. The summed E-state index contributed by atoms with van der Waals surface area (Å²) in [6.07, 6.45) is 3.11. The largest absolute Gasteiger partial charge is 0.401 e. The number of allylic oxidation sites excluding steroid dienone is 1. The smallest absolute Gasteiger partial charge is 0.347 e. The highest BCUT2D eigenvalue weighted by molar-refractivity contribution is 5.78. The number of fused-ring (bicyclic) bond motifs is 1. The van der Waals surface area contributed by atoms with Crippen LogP contribution >= 0.6 is 0 Å². The topological polar surface area (TPSA) is 68.9 Å². The zero-order valence-electron chi connectivity index (χ0n) is 10.8. The molecule has 0 atom stereocenters. The van der Waals surface area contributed by atoms with Crippen LogP contribution in [0.1, 0.15) is 12.6 Å². The first-order valence-corrected chi connectivity index (χ1v) is 6.03. The molecule has 0 unspecified atom stereocenters. The lowest BCUT2D eigenvalue weighted by molar-refractivity contribution is 0.516. The van der Waals surface area contributed by atoms with Gasteiger partial charge in [-0.25, -0.2) is 14.8 Å². The molecule has 0 saturated heterocycles. The van der Waals surface area contributed by atoms with Gasteiger partial charge in [0.1, 0.15) is 5.69 Å². The van der Waals surface area contributed by atoms with E-state index < -0.39 is 5.63 Å². The van der Waals surface area contributed by atoms with Gasteiger partial charge in [0.2, 0.25) is 0 Å². The molecule has 0 N–H and O–H groups in total. The van der Waals surface area contributed by atoms with Gasteiger partial charge < -0.3 is 4.42 Å². The maximum absolute atomic E-state index is 11.9. The Morgan fingerprint density at radius 1 is 1.20 bits per heavy atom. The van der Waals surface area contributed by atoms with Gasteiger partial charge in [0.15, 0.2) is 0 Å². The Kier molecular flexibility index (Phi) is 2.87. The van der Waals surface area contributed by atoms with Crippen molar-refractivity contribution in [2.24, 2.45) is 0 Å². The molecule has 0 amide bonds. The summed E-state index contributed by atoms with van der Waals surface area (Å²) in [6, 6.07) is 7.01. The molecule has 0 saturated carbocycles. The van der Waals surface area contributed by atoms with E-state index in [0.717, 1.165) is 5.57 Å². The highest BCUT2D eigenvalue weighted by Crippen LogP contribution is 2.17. The van der Waals surface area contributed by atoms with E-state index in [2.05, 4.69) is 21.5 Å². The average molecular weight is 265 g/mol. The molecule has 0 aliphatic heterocycles. The van der Waals surface area contributed by atoms with Crippen molar-refractivity contribution in [3.63, 3.8) is 0 Å². The van der Waals surface area contributed by atoms with Gasteiger partial charge in [0.05, 0.1) is 29.0 Å². The lowest BCUT2D eigenvalue weighted by Gasteiger charge is -2.03. The van der Waals surface area contributed by atoms with Crippen LogP contribution in [0.15, 0.2) is 52.4 Å². The van der Waals surface area contributed by atoms with Gasteiger partial charge in [-0.15, -0.1) is 0 Å². The number of hydrogen-bond donors (Lipinski definition) is 0. The molecular formula is C15H11N3O2. The van der Waals surface area contributed by atoms with Crippen molar-refractivity contribution in [1.29, 1.82) is 0 Å². The molecule has 2 heterocycles. The molecule has 0 spiro atoms. The van der Waals surface area contributed by atoms with Crippen molar-refractivity contribution in [3.8, 4) is 11.6 Å². The zero-order chi connectivity index (χ0) is 14.1. The summed E-state index contributed by atoms with van der Waals surface area (Å²) in [7, 11) is 0. The van der Waals surface area contributed by atoms with Crippen molar-refractivity contribution in [2.45, 2.75) is 6.92 Å². The van der Waals surface area contributed by atoms with Gasteiger partial charge in [-0.05, 0) is 24.6 Å². The molecule has 0 radical (unpaired) electrons. The van der Waals surface area contributed by atoms with Crippen LogP contribution in [-0.4, -0.2) is 15.0 Å². The Labute approximate surface area is 114 Å². The van der Waals surface area contributed by atoms with E-state index >= 15 is 0 Å². The summed E-state index contributed by atoms with van der Waals surface area (Å²) in [5, 5.41) is 0.445. The zero-order valence-corrected chi connectivity index (χ0v) is 10.8. The third kappa shape index (κ3) is 2.09. The summed E-state index contributed by atoms with van der Waals surface area (Å²) in [6.45, 7) is 5.64. The minimum atomic E-state index is -0.437. The maximum Gasteiger partial charge on any atom is 0.347 e. The first-order valence-electron chi connectivity index (χ1n) is 6.03. The van der Waals surface area contributed by atoms with Crippen LogP contribution in [0.4, 0.5) is 0 Å². The van der Waals surface area contributed by atoms with Gasteiger partial charge in [-0.3, -0.25) is 4.98 Å². The molecule has 3 aromatic rings. The molecular weight excluding hydrogens is 254 g/mol. The Hall–Kier alpha value is -2.82. The lowest BCUT2D eigenvalue weighted by Crippen LogP contribution is -2.04. The molecule has 3 rings (SSSR count). The van der Waals surface area contributed by atoms with Crippen LogP contribution in [0.25, 0.3) is 28.1 Å². The number of benzene rings is 1. The van der Waals surface area contributed by atoms with Gasteiger partial charge in [-0.1, -0.05) is 18.7 Å². The maximum atomic E-state index is 11.9. The lowest BCUT2D eigenvalue weighted by atomic mass is 10.2. The quantitative estimate of drug-likeness (QED) is 0.712. The predicted octanol–water partition coefficient (Wildman–Crippen LogP) is 2.68. The van der Waals surface area contributed by atoms with Crippen LogP contribution in [0.2, 0.25) is 0 Å². The summed E-state index contributed by atoms with van der Waals surface area (Å²) in [5.41, 5.74) is 1.96. The van der Waals surface area contributed by atoms with Crippen molar-refractivity contribution >= 4 is 16.5 Å². The van der Waals surface area contributed by atoms with Crippen LogP contribution in [-0.2, 0) is 0 Å². The second-order valence-electron chi connectivity index (χ2n) is 4.39. The van der Waals surface area contributed by atoms with Crippen LogP contribution in [0.5, 0.6) is 0 Å². The van der Waals surface area contributed by atoms with Gasteiger partial charge in [0, 0.05) is 0 Å². The third-order valence-electron chi connectivity index (χ3n) is 2.83. The number of hydrogen-bond acceptors (Lipinski definition) is 5. The van der Waals surface area contributed by atoms with E-state index in [0.29, 0.717) is 22.3 Å². The van der Waals surface area contributed by atoms with Crippen LogP contribution < -0.4 is 5.63 Å². The molecule has 98 valence electrons. The van der Waals surface area contributed by atoms with Crippen molar-refractivity contribution in [1.82, 2.24) is 15.0 Å². The minimum Gasteiger partial charge on any atom is -0.401 e. The molecule has 5 heteroatoms. The van der Waals surface area contributed by atoms with Crippen molar-refractivity contribution < 1.29 is 4.42 Å². The number of aromatic nitrogens is 3. The average Bonchev–Trinajstić information content (AvgIpc) is 2.47. The first-order chi connectivity index (χ1) is 9.65. The molecule has 0 aliphatic rings. The second kappa shape index (κ2) is 4.70. The fourth-order valence-electron chi connectivity index (χ4n) is 1.80. The normalized spacial score (nSPS) is 10.7. The Balaban J connectivity index is 2.22. The van der Waals surface area contributed by atoms with Gasteiger partial charge >= 0.3 is 5.63 Å². The third-order valence-corrected chi connectivity index (χ3v) is 2.83. The molecule has 2 aromatic heterocycles. The predicted molar refractivity (Wildman–Crippen MR) is 76.0 cm³/mol. The number of para-hydroxylation sites is 1. The van der Waals surface area contributed by atoms with E-state index in [1.807, 2.05) is 13.0 Å². The number of nitrogens with zero attached hydrogens (tertiary/aromatic N) is 3. The standard InChI is InChI=1S/C15H11N3O2/c1-9(2)12-7-16-8-13(17-12)14-18-11-6-4-3-5-10(11)15(19)20-14/h3-8H,1H2,2H3. The molecule has 0 aliphatic carbocycles. The van der Waals surface area contributed by atoms with Crippen LogP contribution in [0.3, 0.4) is 0 Å². The number of rotatable bonds is 2. The van der Waals surface area contributed by atoms with Gasteiger partial charge in [-0.2, -0.15) is 0 Å². The summed E-state index contributed by atoms with van der Waals surface area (Å²) < 4.78 is 5.21. The molecule has 1 aromatic carbocycles. The Bertz CT molecular complexity index is 868. The Morgan fingerprint density at radius 2 is 2.00 bits per heavy atom. The monoisotopic (exact) mass is 265 g/mol. The minimum absolute atomic E-state index is 0.157. The van der Waals surface area contributed by atoms with E-state index in [-0.39, 0.29) is 5.89 Å². The van der Waals surface area contributed by atoms with Crippen molar-refractivity contribution in [3.05, 3.63) is 59.4 Å². The summed E-state index contributed by atoms with van der Waals surface area (Å²) >= 11 is 0. The summed E-state index contributed by atoms with van der Waals surface area (Å²) in [5.74, 6) is 0.157. The SMILES string of the molecule is C=C(C)c1cncc(-c2nc3ccccc3c(=O)o2)n1. The van der Waals surface area contributed by atoms with Crippen molar-refractivity contribution in [2.75, 3.05) is 0 Å². The fourth-order valence-corrected chi connectivity index (χ4v) is 1.80. The molecule has 5 nitrogen and oxygen atoms in total. The van der Waals surface area contributed by atoms with Gasteiger partial charge in [0.25, 0.3) is 5.89 Å². The van der Waals surface area contributed by atoms with E-state index in [1.165, 1.54) is 6.20 Å². The molecule has 20 heavy (non-hydrogen) atoms. The Morgan fingerprint density at radius 3 is 2.80 bits per heavy atom. The van der Waals surface area contributed by atoms with E-state index in [4.69, 9.17) is 4.42 Å². The van der Waals surface area contributed by atoms with E-state index in [9.17, 15) is 4.79 Å². The highest BCUT2D eigenvalue weighted by atomic mass is 16.4. The van der Waals surface area contributed by atoms with E-state index in [1.54, 1.807) is 24.4 Å². The molecule has 0 fully saturated rings.